The Morgan fingerprint density at radius 3 is 2.56 bits per heavy atom. The first kappa shape index (κ1) is 14.0. The van der Waals surface area contributed by atoms with Crippen LogP contribution in [-0.2, 0) is 0 Å². The summed E-state index contributed by atoms with van der Waals surface area (Å²) in [6.07, 6.45) is 1.41. The Balaban J connectivity index is 2.54. The third-order valence-corrected chi connectivity index (χ3v) is 2.36. The van der Waals surface area contributed by atoms with Gasteiger partial charge in [0, 0.05) is 5.69 Å². The molecule has 18 heavy (non-hydrogen) atoms. The average Bonchev–Trinajstić information content (AvgIpc) is 2.31. The summed E-state index contributed by atoms with van der Waals surface area (Å²) in [6, 6.07) is 4.48. The van der Waals surface area contributed by atoms with Crippen LogP contribution < -0.4 is 16.4 Å². The van der Waals surface area contributed by atoms with Crippen molar-refractivity contribution in [1.29, 1.82) is 5.41 Å². The number of hydrogen-bond donors (Lipinski definition) is 4. The standard InChI is InChI=1S/C12H17FN4O/c1-2-3-10(11(14)15)17-12(18)16-9-6-4-8(13)5-7-9/h4-7,10H,2-3H2,1H3,(H3,14,15)(H2,16,17,18). The first-order chi connectivity index (χ1) is 8.52. The fourth-order valence-electron chi connectivity index (χ4n) is 1.45. The molecule has 6 heteroatoms. The molecule has 0 saturated heterocycles. The minimum atomic E-state index is -0.476. The van der Waals surface area contributed by atoms with Crippen LogP contribution in [0.4, 0.5) is 14.9 Å². The van der Waals surface area contributed by atoms with Crippen molar-refractivity contribution < 1.29 is 9.18 Å². The second-order valence-corrected chi connectivity index (χ2v) is 3.90. The molecule has 0 radical (unpaired) electrons. The zero-order chi connectivity index (χ0) is 13.5. The molecule has 0 aromatic heterocycles. The van der Waals surface area contributed by atoms with Crippen molar-refractivity contribution in [3.63, 3.8) is 0 Å². The number of hydrogen-bond acceptors (Lipinski definition) is 2. The van der Waals surface area contributed by atoms with Gasteiger partial charge in [0.2, 0.25) is 0 Å². The molecule has 0 spiro atoms. The fraction of sp³-hybridized carbons (Fsp3) is 0.333. The molecule has 0 aliphatic rings. The third-order valence-electron chi connectivity index (χ3n) is 2.36. The van der Waals surface area contributed by atoms with Gasteiger partial charge in [-0.2, -0.15) is 0 Å². The normalized spacial score (nSPS) is 11.7. The van der Waals surface area contributed by atoms with Gasteiger partial charge in [0.1, 0.15) is 11.7 Å². The fourth-order valence-corrected chi connectivity index (χ4v) is 1.45. The highest BCUT2D eigenvalue weighted by atomic mass is 19.1. The molecule has 1 unspecified atom stereocenters. The zero-order valence-corrected chi connectivity index (χ0v) is 10.2. The summed E-state index contributed by atoms with van der Waals surface area (Å²) < 4.78 is 12.7. The molecule has 1 rings (SSSR count). The van der Waals surface area contributed by atoms with E-state index in [0.29, 0.717) is 12.1 Å². The van der Waals surface area contributed by atoms with Gasteiger partial charge < -0.3 is 16.4 Å². The number of carbonyl (C=O) groups excluding carboxylic acids is 1. The topological polar surface area (TPSA) is 91.0 Å². The maximum absolute atomic E-state index is 12.7. The zero-order valence-electron chi connectivity index (χ0n) is 10.2. The number of nitrogens with one attached hydrogen (secondary N) is 3. The lowest BCUT2D eigenvalue weighted by Gasteiger charge is -2.16. The van der Waals surface area contributed by atoms with Crippen molar-refractivity contribution in [2.45, 2.75) is 25.8 Å². The molecule has 0 heterocycles. The maximum Gasteiger partial charge on any atom is 0.319 e. The van der Waals surface area contributed by atoms with Crippen LogP contribution in [0.1, 0.15) is 19.8 Å². The van der Waals surface area contributed by atoms with Crippen molar-refractivity contribution in [1.82, 2.24) is 5.32 Å². The third kappa shape index (κ3) is 4.40. The Morgan fingerprint density at radius 1 is 1.44 bits per heavy atom. The van der Waals surface area contributed by atoms with Crippen molar-refractivity contribution in [3.8, 4) is 0 Å². The van der Waals surface area contributed by atoms with Gasteiger partial charge in [0.05, 0.1) is 6.04 Å². The van der Waals surface area contributed by atoms with E-state index in [0.717, 1.165) is 6.42 Å². The average molecular weight is 252 g/mol. The summed E-state index contributed by atoms with van der Waals surface area (Å²) in [5.74, 6) is -0.445. The van der Waals surface area contributed by atoms with E-state index < -0.39 is 12.1 Å². The number of rotatable bonds is 5. The van der Waals surface area contributed by atoms with E-state index in [2.05, 4.69) is 10.6 Å². The van der Waals surface area contributed by atoms with E-state index in [1.165, 1.54) is 24.3 Å². The first-order valence-electron chi connectivity index (χ1n) is 5.70. The maximum atomic E-state index is 12.7. The molecule has 5 N–H and O–H groups in total. The summed E-state index contributed by atoms with van der Waals surface area (Å²) >= 11 is 0. The Bertz CT molecular complexity index is 419. The lowest BCUT2D eigenvalue weighted by Crippen LogP contribution is -2.45. The highest BCUT2D eigenvalue weighted by Crippen LogP contribution is 2.08. The number of nitrogens with two attached hydrogens (primary N) is 1. The predicted molar refractivity (Wildman–Crippen MR) is 69.2 cm³/mol. The molecule has 0 bridgehead atoms. The van der Waals surface area contributed by atoms with Crippen molar-refractivity contribution in [2.75, 3.05) is 5.32 Å². The quantitative estimate of drug-likeness (QED) is 0.477. The van der Waals surface area contributed by atoms with Crippen molar-refractivity contribution in [2.24, 2.45) is 5.73 Å². The van der Waals surface area contributed by atoms with Crippen LogP contribution in [0, 0.1) is 11.2 Å². The van der Waals surface area contributed by atoms with Gasteiger partial charge in [-0.1, -0.05) is 13.3 Å². The number of amidine groups is 1. The van der Waals surface area contributed by atoms with Crippen LogP contribution in [0.3, 0.4) is 0 Å². The molecule has 0 fully saturated rings. The van der Waals surface area contributed by atoms with Crippen LogP contribution in [0.25, 0.3) is 0 Å². The molecule has 0 aliphatic heterocycles. The Hall–Kier alpha value is -2.11. The van der Waals surface area contributed by atoms with Gasteiger partial charge in [-0.25, -0.2) is 9.18 Å². The van der Waals surface area contributed by atoms with E-state index in [1.807, 2.05) is 6.92 Å². The van der Waals surface area contributed by atoms with Crippen molar-refractivity contribution in [3.05, 3.63) is 30.1 Å². The Morgan fingerprint density at radius 2 is 2.06 bits per heavy atom. The minimum Gasteiger partial charge on any atom is -0.386 e. The number of anilines is 1. The molecular weight excluding hydrogens is 235 g/mol. The van der Waals surface area contributed by atoms with E-state index in [1.54, 1.807) is 0 Å². The highest BCUT2D eigenvalue weighted by Gasteiger charge is 2.13. The van der Waals surface area contributed by atoms with Gasteiger partial charge >= 0.3 is 6.03 Å². The SMILES string of the molecule is CCCC(NC(=O)Nc1ccc(F)cc1)C(=N)N. The lowest BCUT2D eigenvalue weighted by molar-refractivity contribution is 0.250. The number of carbonyl (C=O) groups is 1. The molecule has 2 amide bonds. The van der Waals surface area contributed by atoms with Crippen LogP contribution in [0.15, 0.2) is 24.3 Å². The van der Waals surface area contributed by atoms with Crippen LogP contribution in [0.5, 0.6) is 0 Å². The lowest BCUT2D eigenvalue weighted by atomic mass is 10.1. The van der Waals surface area contributed by atoms with Gasteiger partial charge in [0.15, 0.2) is 0 Å². The number of benzene rings is 1. The van der Waals surface area contributed by atoms with E-state index in [9.17, 15) is 9.18 Å². The van der Waals surface area contributed by atoms with Crippen LogP contribution in [-0.4, -0.2) is 17.9 Å². The van der Waals surface area contributed by atoms with Crippen LogP contribution in [0.2, 0.25) is 0 Å². The predicted octanol–water partition coefficient (Wildman–Crippen LogP) is 2.05. The minimum absolute atomic E-state index is 0.0777. The van der Waals surface area contributed by atoms with Crippen molar-refractivity contribution >= 4 is 17.6 Å². The Kier molecular flexibility index (Phi) is 5.10. The molecule has 1 aromatic rings. The van der Waals surface area contributed by atoms with Gasteiger partial charge in [-0.3, -0.25) is 5.41 Å². The summed E-state index contributed by atoms with van der Waals surface area (Å²) in [7, 11) is 0. The monoisotopic (exact) mass is 252 g/mol. The largest absolute Gasteiger partial charge is 0.386 e. The molecule has 5 nitrogen and oxygen atoms in total. The molecule has 1 atom stereocenters. The molecular formula is C12H17FN4O. The Labute approximate surface area is 105 Å². The van der Waals surface area contributed by atoms with E-state index in [-0.39, 0.29) is 11.7 Å². The summed E-state index contributed by atoms with van der Waals surface area (Å²) in [4.78, 5) is 11.6. The molecule has 1 aromatic carbocycles. The highest BCUT2D eigenvalue weighted by molar-refractivity contribution is 5.93. The molecule has 0 aliphatic carbocycles. The second kappa shape index (κ2) is 6.58. The second-order valence-electron chi connectivity index (χ2n) is 3.90. The van der Waals surface area contributed by atoms with E-state index in [4.69, 9.17) is 11.1 Å². The van der Waals surface area contributed by atoms with E-state index >= 15 is 0 Å². The summed E-state index contributed by atoms with van der Waals surface area (Å²) in [5, 5.41) is 12.5. The first-order valence-corrected chi connectivity index (χ1v) is 5.70. The molecule has 98 valence electrons. The smallest absolute Gasteiger partial charge is 0.319 e. The van der Waals surface area contributed by atoms with Gasteiger partial charge in [-0.05, 0) is 30.7 Å². The number of amides is 2. The van der Waals surface area contributed by atoms with Gasteiger partial charge in [0.25, 0.3) is 0 Å². The summed E-state index contributed by atoms with van der Waals surface area (Å²) in [6.45, 7) is 1.94. The summed E-state index contributed by atoms with van der Waals surface area (Å²) in [5.41, 5.74) is 5.85. The number of halogens is 1. The van der Waals surface area contributed by atoms with Gasteiger partial charge in [-0.15, -0.1) is 0 Å². The van der Waals surface area contributed by atoms with Crippen LogP contribution >= 0.6 is 0 Å². The molecule has 0 saturated carbocycles. The number of urea groups is 1.